The summed E-state index contributed by atoms with van der Waals surface area (Å²) in [5.74, 6) is 0.363. The molecule has 1 saturated carbocycles. The summed E-state index contributed by atoms with van der Waals surface area (Å²) >= 11 is 1.63. The van der Waals surface area contributed by atoms with Crippen LogP contribution < -0.4 is 11.1 Å². The van der Waals surface area contributed by atoms with Crippen molar-refractivity contribution >= 4 is 32.4 Å². The maximum absolute atomic E-state index is 9.32. The fourth-order valence-corrected chi connectivity index (χ4v) is 3.58. The van der Waals surface area contributed by atoms with Crippen molar-refractivity contribution in [2.24, 2.45) is 5.92 Å². The predicted molar refractivity (Wildman–Crippen MR) is 75.9 cm³/mol. The molecule has 5 heteroatoms. The quantitative estimate of drug-likeness (QED) is 0.744. The first-order valence-electron chi connectivity index (χ1n) is 6.30. The summed E-state index contributed by atoms with van der Waals surface area (Å²) in [6.07, 6.45) is 3.40. The number of aromatic nitrogens is 1. The fourth-order valence-electron chi connectivity index (χ4n) is 2.61. The lowest BCUT2D eigenvalue weighted by Crippen LogP contribution is -2.26. The molecule has 2 atom stereocenters. The van der Waals surface area contributed by atoms with Gasteiger partial charge in [0, 0.05) is 24.3 Å². The maximum Gasteiger partial charge on any atom is 0.184 e. The van der Waals surface area contributed by atoms with Crippen molar-refractivity contribution in [1.82, 2.24) is 4.98 Å². The van der Waals surface area contributed by atoms with Crippen molar-refractivity contribution in [3.8, 4) is 0 Å². The number of aliphatic hydroxyl groups excluding tert-OH is 1. The van der Waals surface area contributed by atoms with E-state index in [4.69, 9.17) is 5.73 Å². The van der Waals surface area contributed by atoms with Gasteiger partial charge in [-0.2, -0.15) is 0 Å². The number of nitrogens with one attached hydrogen (secondary N) is 1. The number of hydrogen-bond acceptors (Lipinski definition) is 5. The van der Waals surface area contributed by atoms with Gasteiger partial charge in [0.25, 0.3) is 0 Å². The van der Waals surface area contributed by atoms with E-state index in [9.17, 15) is 5.11 Å². The summed E-state index contributed by atoms with van der Waals surface area (Å²) in [5.41, 5.74) is 7.52. The number of nitrogens with two attached hydrogens (primary N) is 1. The molecule has 1 aromatic carbocycles. The Morgan fingerprint density at radius 3 is 3.17 bits per heavy atom. The van der Waals surface area contributed by atoms with Crippen LogP contribution in [0.15, 0.2) is 18.2 Å². The second-order valence-corrected chi connectivity index (χ2v) is 5.90. The molecule has 0 spiro atoms. The predicted octanol–water partition coefficient (Wildman–Crippen LogP) is 2.45. The van der Waals surface area contributed by atoms with Gasteiger partial charge in [0.1, 0.15) is 0 Å². The summed E-state index contributed by atoms with van der Waals surface area (Å²) in [5, 5.41) is 13.7. The molecule has 4 N–H and O–H groups in total. The van der Waals surface area contributed by atoms with E-state index in [1.54, 1.807) is 11.3 Å². The average molecular weight is 263 g/mol. The number of nitrogen functional groups attached to an aromatic ring is 1. The Morgan fingerprint density at radius 2 is 2.33 bits per heavy atom. The Labute approximate surface area is 110 Å². The largest absolute Gasteiger partial charge is 0.399 e. The number of fused-ring (bicyclic) bond motifs is 1. The van der Waals surface area contributed by atoms with E-state index in [1.807, 2.05) is 18.2 Å². The molecule has 0 amide bonds. The molecule has 3 rings (SSSR count). The molecule has 1 aromatic heterocycles. The van der Waals surface area contributed by atoms with Gasteiger partial charge >= 0.3 is 0 Å². The van der Waals surface area contributed by atoms with Gasteiger partial charge in [0.15, 0.2) is 5.13 Å². The molecule has 1 aliphatic rings. The van der Waals surface area contributed by atoms with Crippen LogP contribution in [-0.4, -0.2) is 22.7 Å². The van der Waals surface area contributed by atoms with Gasteiger partial charge < -0.3 is 16.2 Å². The Hall–Kier alpha value is -1.33. The monoisotopic (exact) mass is 263 g/mol. The molecular formula is C13H17N3OS. The number of rotatable bonds is 3. The first-order valence-corrected chi connectivity index (χ1v) is 7.11. The van der Waals surface area contributed by atoms with E-state index in [2.05, 4.69) is 10.3 Å². The molecule has 18 heavy (non-hydrogen) atoms. The van der Waals surface area contributed by atoms with Crippen molar-refractivity contribution in [3.05, 3.63) is 18.2 Å². The number of hydrogen-bond donors (Lipinski definition) is 3. The van der Waals surface area contributed by atoms with Crippen LogP contribution >= 0.6 is 11.3 Å². The van der Waals surface area contributed by atoms with Crippen LogP contribution in [0.4, 0.5) is 10.8 Å². The van der Waals surface area contributed by atoms with Gasteiger partial charge in [-0.15, -0.1) is 0 Å². The van der Waals surface area contributed by atoms with Crippen molar-refractivity contribution in [1.29, 1.82) is 0 Å². The fraction of sp³-hybridized carbons (Fsp3) is 0.462. The van der Waals surface area contributed by atoms with E-state index >= 15 is 0 Å². The number of anilines is 2. The highest BCUT2D eigenvalue weighted by molar-refractivity contribution is 7.22. The summed E-state index contributed by atoms with van der Waals surface area (Å²) in [6.45, 7) is 0.259. The van der Waals surface area contributed by atoms with E-state index in [1.165, 1.54) is 6.42 Å². The molecule has 0 radical (unpaired) electrons. The normalized spacial score (nSPS) is 23.6. The third-order valence-corrected chi connectivity index (χ3v) is 4.56. The van der Waals surface area contributed by atoms with Crippen LogP contribution in [0.25, 0.3) is 10.2 Å². The summed E-state index contributed by atoms with van der Waals surface area (Å²) in [4.78, 5) is 4.56. The van der Waals surface area contributed by atoms with Gasteiger partial charge in [-0.05, 0) is 31.0 Å². The molecule has 1 aliphatic carbocycles. The average Bonchev–Trinajstić information content (AvgIpc) is 2.94. The van der Waals surface area contributed by atoms with E-state index in [-0.39, 0.29) is 6.61 Å². The number of nitrogens with zero attached hydrogens (tertiary/aromatic N) is 1. The van der Waals surface area contributed by atoms with Crippen molar-refractivity contribution < 1.29 is 5.11 Å². The van der Waals surface area contributed by atoms with Gasteiger partial charge in [0.2, 0.25) is 0 Å². The van der Waals surface area contributed by atoms with Gasteiger partial charge in [-0.1, -0.05) is 17.8 Å². The van der Waals surface area contributed by atoms with E-state index in [0.29, 0.717) is 12.0 Å². The van der Waals surface area contributed by atoms with Crippen LogP contribution in [0, 0.1) is 5.92 Å². The standard InChI is InChI=1S/C13H17N3OS/c14-9-4-5-11-12(6-9)18-13(16-11)15-10-3-1-2-8(10)7-17/h4-6,8,10,17H,1-3,7,14H2,(H,15,16). The second-order valence-electron chi connectivity index (χ2n) is 4.87. The first kappa shape index (κ1) is 11.7. The van der Waals surface area contributed by atoms with Crippen LogP contribution in [0.3, 0.4) is 0 Å². The molecular weight excluding hydrogens is 246 g/mol. The lowest BCUT2D eigenvalue weighted by Gasteiger charge is -2.17. The Morgan fingerprint density at radius 1 is 1.44 bits per heavy atom. The molecule has 2 unspecified atom stereocenters. The molecule has 0 saturated heterocycles. The molecule has 0 bridgehead atoms. The molecule has 2 aromatic rings. The lowest BCUT2D eigenvalue weighted by molar-refractivity contribution is 0.222. The maximum atomic E-state index is 9.32. The summed E-state index contributed by atoms with van der Waals surface area (Å²) in [7, 11) is 0. The van der Waals surface area contributed by atoms with Gasteiger partial charge in [-0.25, -0.2) is 4.98 Å². The SMILES string of the molecule is Nc1ccc2nc(NC3CCCC3CO)sc2c1. The Bertz CT molecular complexity index is 554. The highest BCUT2D eigenvalue weighted by Crippen LogP contribution is 2.32. The van der Waals surface area contributed by atoms with Gasteiger partial charge in [-0.3, -0.25) is 0 Å². The van der Waals surface area contributed by atoms with Crippen LogP contribution in [0.5, 0.6) is 0 Å². The third kappa shape index (κ3) is 2.15. The highest BCUT2D eigenvalue weighted by Gasteiger charge is 2.27. The minimum absolute atomic E-state index is 0.259. The zero-order chi connectivity index (χ0) is 12.5. The van der Waals surface area contributed by atoms with E-state index in [0.717, 1.165) is 33.9 Å². The Balaban J connectivity index is 1.82. The smallest absolute Gasteiger partial charge is 0.184 e. The van der Waals surface area contributed by atoms with Crippen molar-refractivity contribution in [2.75, 3.05) is 17.7 Å². The van der Waals surface area contributed by atoms with Crippen molar-refractivity contribution in [3.63, 3.8) is 0 Å². The zero-order valence-electron chi connectivity index (χ0n) is 10.1. The molecule has 4 nitrogen and oxygen atoms in total. The highest BCUT2D eigenvalue weighted by atomic mass is 32.1. The second kappa shape index (κ2) is 4.74. The molecule has 96 valence electrons. The van der Waals surface area contributed by atoms with Crippen LogP contribution in [0.1, 0.15) is 19.3 Å². The first-order chi connectivity index (χ1) is 8.76. The Kier molecular flexibility index (Phi) is 3.09. The topological polar surface area (TPSA) is 71.2 Å². The minimum atomic E-state index is 0.259. The molecule has 0 aliphatic heterocycles. The lowest BCUT2D eigenvalue weighted by atomic mass is 10.1. The van der Waals surface area contributed by atoms with Crippen LogP contribution in [-0.2, 0) is 0 Å². The van der Waals surface area contributed by atoms with E-state index < -0.39 is 0 Å². The third-order valence-electron chi connectivity index (χ3n) is 3.61. The minimum Gasteiger partial charge on any atom is -0.399 e. The molecule has 1 heterocycles. The number of thiazole rings is 1. The zero-order valence-corrected chi connectivity index (χ0v) is 10.9. The van der Waals surface area contributed by atoms with Crippen LogP contribution in [0.2, 0.25) is 0 Å². The number of aliphatic hydroxyl groups is 1. The summed E-state index contributed by atoms with van der Waals surface area (Å²) < 4.78 is 1.11. The number of benzene rings is 1. The van der Waals surface area contributed by atoms with Crippen molar-refractivity contribution in [2.45, 2.75) is 25.3 Å². The van der Waals surface area contributed by atoms with Gasteiger partial charge in [0.05, 0.1) is 10.2 Å². The molecule has 1 fully saturated rings. The summed E-state index contributed by atoms with van der Waals surface area (Å²) in [6, 6.07) is 6.13.